The molecule has 0 saturated heterocycles. The third-order valence-corrected chi connectivity index (χ3v) is 0.973. The summed E-state index contributed by atoms with van der Waals surface area (Å²) >= 11 is 5.42. The zero-order chi connectivity index (χ0) is 8.69. The summed E-state index contributed by atoms with van der Waals surface area (Å²) in [6.07, 6.45) is 2.58. The van der Waals surface area contributed by atoms with Gasteiger partial charge in [0.15, 0.2) is 0 Å². The van der Waals surface area contributed by atoms with Crippen LogP contribution in [0.4, 0.5) is 0 Å². The van der Waals surface area contributed by atoms with Crippen molar-refractivity contribution in [3.63, 3.8) is 0 Å². The number of carbonyl (C=O) groups is 1. The zero-order valence-corrected chi connectivity index (χ0v) is 6.77. The van der Waals surface area contributed by atoms with Gasteiger partial charge in [-0.3, -0.25) is 0 Å². The second kappa shape index (κ2) is 5.95. The van der Waals surface area contributed by atoms with Crippen molar-refractivity contribution in [3.8, 4) is 0 Å². The first-order chi connectivity index (χ1) is 5.13. The van der Waals surface area contributed by atoms with Gasteiger partial charge in [0, 0.05) is 24.2 Å². The highest BCUT2D eigenvalue weighted by Crippen LogP contribution is 1.91. The second-order valence-corrected chi connectivity index (χ2v) is 2.42. The fraction of sp³-hybridized carbons (Fsp3) is 0.286. The van der Waals surface area contributed by atoms with Gasteiger partial charge >= 0.3 is 5.97 Å². The fourth-order valence-electron chi connectivity index (χ4n) is 0.451. The largest absolute Gasteiger partial charge is 0.478 e. The van der Waals surface area contributed by atoms with Crippen molar-refractivity contribution in [1.29, 1.82) is 0 Å². The smallest absolute Gasteiger partial charge is 0.328 e. The van der Waals surface area contributed by atoms with Crippen LogP contribution in [-0.4, -0.2) is 24.2 Å². The first-order valence-corrected chi connectivity index (χ1v) is 3.44. The third-order valence-electron chi connectivity index (χ3n) is 0.839. The summed E-state index contributed by atoms with van der Waals surface area (Å²) in [4.78, 5) is 9.94. The molecule has 4 heteroatoms. The van der Waals surface area contributed by atoms with Crippen molar-refractivity contribution in [2.24, 2.45) is 0 Å². The Bertz CT molecular complexity index is 177. The minimum Gasteiger partial charge on any atom is -0.478 e. The van der Waals surface area contributed by atoms with Crippen molar-refractivity contribution in [1.82, 2.24) is 5.32 Å². The molecule has 2 N–H and O–H groups in total. The molecule has 0 aliphatic rings. The van der Waals surface area contributed by atoms with E-state index in [1.54, 1.807) is 0 Å². The number of nitrogens with one attached hydrogen (secondary N) is 1. The lowest BCUT2D eigenvalue weighted by Gasteiger charge is -1.96. The lowest BCUT2D eigenvalue weighted by molar-refractivity contribution is -0.131. The average Bonchev–Trinajstić information content (AvgIpc) is 1.85. The van der Waals surface area contributed by atoms with Crippen molar-refractivity contribution < 1.29 is 9.90 Å². The van der Waals surface area contributed by atoms with E-state index in [-0.39, 0.29) is 0 Å². The first-order valence-electron chi connectivity index (χ1n) is 3.06. The molecular weight excluding hydrogens is 166 g/mol. The molecule has 0 amide bonds. The van der Waals surface area contributed by atoms with Gasteiger partial charge in [-0.2, -0.15) is 0 Å². The van der Waals surface area contributed by atoms with Gasteiger partial charge < -0.3 is 10.4 Å². The monoisotopic (exact) mass is 175 g/mol. The van der Waals surface area contributed by atoms with Gasteiger partial charge in [0.25, 0.3) is 0 Å². The summed E-state index contributed by atoms with van der Waals surface area (Å²) in [6.45, 7) is 4.43. The molecule has 0 unspecified atom stereocenters. The van der Waals surface area contributed by atoms with E-state index in [2.05, 4.69) is 11.9 Å². The van der Waals surface area contributed by atoms with Crippen molar-refractivity contribution >= 4 is 17.6 Å². The molecule has 0 spiro atoms. The van der Waals surface area contributed by atoms with Crippen LogP contribution < -0.4 is 5.32 Å². The van der Waals surface area contributed by atoms with Crippen LogP contribution in [0.15, 0.2) is 23.8 Å². The number of carboxylic acids is 1. The van der Waals surface area contributed by atoms with Crippen molar-refractivity contribution in [3.05, 3.63) is 23.8 Å². The maximum atomic E-state index is 9.94. The standard InChI is InChI=1S/C7H10ClNO2/c1-6(8)5-9-4-2-3-7(10)11/h2-3,9H,1,4-5H2,(H,10,11)/b3-2+. The molecule has 0 saturated carbocycles. The summed E-state index contributed by atoms with van der Waals surface area (Å²) in [7, 11) is 0. The summed E-state index contributed by atoms with van der Waals surface area (Å²) in [5.41, 5.74) is 0. The molecule has 0 heterocycles. The molecule has 0 rings (SSSR count). The average molecular weight is 176 g/mol. The number of aliphatic carboxylic acids is 1. The normalized spacial score (nSPS) is 10.3. The molecule has 11 heavy (non-hydrogen) atoms. The fourth-order valence-corrected chi connectivity index (χ4v) is 0.545. The number of rotatable bonds is 5. The van der Waals surface area contributed by atoms with Crippen molar-refractivity contribution in [2.75, 3.05) is 13.1 Å². The van der Waals surface area contributed by atoms with E-state index in [4.69, 9.17) is 16.7 Å². The molecule has 62 valence electrons. The predicted octanol–water partition coefficient (Wildman–Crippen LogP) is 0.969. The molecule has 0 atom stereocenters. The van der Waals surface area contributed by atoms with Crippen LogP contribution in [0.5, 0.6) is 0 Å². The van der Waals surface area contributed by atoms with E-state index in [1.807, 2.05) is 0 Å². The lowest BCUT2D eigenvalue weighted by Crippen LogP contribution is -2.14. The minimum atomic E-state index is -0.948. The van der Waals surface area contributed by atoms with Crippen LogP contribution in [0.25, 0.3) is 0 Å². The van der Waals surface area contributed by atoms with Crippen molar-refractivity contribution in [2.45, 2.75) is 0 Å². The topological polar surface area (TPSA) is 49.3 Å². The highest BCUT2D eigenvalue weighted by atomic mass is 35.5. The maximum Gasteiger partial charge on any atom is 0.328 e. The van der Waals surface area contributed by atoms with Gasteiger partial charge in [-0.05, 0) is 0 Å². The summed E-state index contributed by atoms with van der Waals surface area (Å²) < 4.78 is 0. The predicted molar refractivity (Wildman–Crippen MR) is 44.6 cm³/mol. The molecule has 3 nitrogen and oxygen atoms in total. The second-order valence-electron chi connectivity index (χ2n) is 1.89. The Morgan fingerprint density at radius 3 is 2.82 bits per heavy atom. The Morgan fingerprint density at radius 1 is 1.73 bits per heavy atom. The Hall–Kier alpha value is -0.800. The van der Waals surface area contributed by atoms with Crippen LogP contribution in [0.2, 0.25) is 0 Å². The SMILES string of the molecule is C=C(Cl)CNC/C=C/C(=O)O. The van der Waals surface area contributed by atoms with E-state index < -0.39 is 5.97 Å². The number of hydrogen-bond donors (Lipinski definition) is 2. The molecule has 0 radical (unpaired) electrons. The number of hydrogen-bond acceptors (Lipinski definition) is 2. The van der Waals surface area contributed by atoms with Crippen LogP contribution in [0, 0.1) is 0 Å². The maximum absolute atomic E-state index is 9.94. The van der Waals surface area contributed by atoms with Gasteiger partial charge in [0.2, 0.25) is 0 Å². The van der Waals surface area contributed by atoms with E-state index in [0.29, 0.717) is 18.1 Å². The molecule has 0 aromatic rings. The third kappa shape index (κ3) is 9.20. The highest BCUT2D eigenvalue weighted by Gasteiger charge is 1.86. The summed E-state index contributed by atoms with van der Waals surface area (Å²) in [6, 6.07) is 0. The number of halogens is 1. The van der Waals surface area contributed by atoms with Crippen LogP contribution >= 0.6 is 11.6 Å². The Kier molecular flexibility index (Phi) is 5.51. The molecule has 0 aliphatic carbocycles. The highest BCUT2D eigenvalue weighted by molar-refractivity contribution is 6.29. The molecule has 0 aromatic carbocycles. The Morgan fingerprint density at radius 2 is 2.36 bits per heavy atom. The van der Waals surface area contributed by atoms with E-state index >= 15 is 0 Å². The van der Waals surface area contributed by atoms with Crippen LogP contribution in [0.1, 0.15) is 0 Å². The molecule has 0 aromatic heterocycles. The van der Waals surface area contributed by atoms with Gasteiger partial charge in [-0.25, -0.2) is 4.79 Å². The zero-order valence-electron chi connectivity index (χ0n) is 6.01. The molecule has 0 aliphatic heterocycles. The Labute approximate surface area is 70.4 Å². The van der Waals surface area contributed by atoms with Gasteiger partial charge in [0.1, 0.15) is 0 Å². The molecule has 0 bridgehead atoms. The van der Waals surface area contributed by atoms with Gasteiger partial charge in [0.05, 0.1) is 0 Å². The molecule has 0 fully saturated rings. The van der Waals surface area contributed by atoms with E-state index in [1.165, 1.54) is 6.08 Å². The summed E-state index contributed by atoms with van der Waals surface area (Å²) in [5.74, 6) is -0.948. The molecular formula is C7H10ClNO2. The Balaban J connectivity index is 3.27. The number of carboxylic acid groups (broad SMARTS) is 1. The minimum absolute atomic E-state index is 0.484. The van der Waals surface area contributed by atoms with Crippen LogP contribution in [0.3, 0.4) is 0 Å². The van der Waals surface area contributed by atoms with E-state index in [0.717, 1.165) is 6.08 Å². The van der Waals surface area contributed by atoms with E-state index in [9.17, 15) is 4.79 Å². The van der Waals surface area contributed by atoms with Gasteiger partial charge in [-0.15, -0.1) is 0 Å². The van der Waals surface area contributed by atoms with Gasteiger partial charge in [-0.1, -0.05) is 24.3 Å². The quantitative estimate of drug-likeness (QED) is 0.484. The first kappa shape index (κ1) is 10.2. The van der Waals surface area contributed by atoms with Crippen LogP contribution in [-0.2, 0) is 4.79 Å². The lowest BCUT2D eigenvalue weighted by atomic mass is 10.5. The summed E-state index contributed by atoms with van der Waals surface area (Å²) in [5, 5.41) is 11.5.